The molecule has 1 aliphatic carbocycles. The van der Waals surface area contributed by atoms with E-state index in [2.05, 4.69) is 10.6 Å². The van der Waals surface area contributed by atoms with Crippen LogP contribution >= 0.6 is 0 Å². The SMILES string of the molecule is C[C@@H](NC(=O)[C@H](C[N+](=O)[O-])NC(=O)OCC1c2ccccc2-c2ccccc21)c1ccccc1. The van der Waals surface area contributed by atoms with Crippen LogP contribution in [0.3, 0.4) is 0 Å². The third-order valence-electron chi connectivity index (χ3n) is 5.94. The van der Waals surface area contributed by atoms with E-state index >= 15 is 0 Å². The molecule has 0 radical (unpaired) electrons. The topological polar surface area (TPSA) is 111 Å². The maximum Gasteiger partial charge on any atom is 0.408 e. The van der Waals surface area contributed by atoms with Crippen molar-refractivity contribution in [3.05, 3.63) is 106 Å². The summed E-state index contributed by atoms with van der Waals surface area (Å²) in [4.78, 5) is 35.7. The van der Waals surface area contributed by atoms with E-state index in [1.165, 1.54) is 0 Å². The Kier molecular flexibility index (Phi) is 6.87. The van der Waals surface area contributed by atoms with Gasteiger partial charge in [0.1, 0.15) is 6.61 Å². The van der Waals surface area contributed by atoms with Gasteiger partial charge in [0.05, 0.1) is 6.04 Å². The van der Waals surface area contributed by atoms with Gasteiger partial charge in [-0.25, -0.2) is 4.79 Å². The molecule has 0 spiro atoms. The van der Waals surface area contributed by atoms with Gasteiger partial charge in [0.15, 0.2) is 6.04 Å². The molecule has 3 aromatic carbocycles. The Morgan fingerprint density at radius 3 is 2.06 bits per heavy atom. The summed E-state index contributed by atoms with van der Waals surface area (Å²) >= 11 is 0. The lowest BCUT2D eigenvalue weighted by atomic mass is 9.98. The average Bonchev–Trinajstić information content (AvgIpc) is 3.16. The van der Waals surface area contributed by atoms with Crippen LogP contribution in [0.25, 0.3) is 11.1 Å². The Hall–Kier alpha value is -4.20. The first-order valence-corrected chi connectivity index (χ1v) is 11.0. The number of carbonyl (C=O) groups excluding carboxylic acids is 2. The highest BCUT2D eigenvalue weighted by molar-refractivity contribution is 5.86. The van der Waals surface area contributed by atoms with Crippen molar-refractivity contribution in [2.75, 3.05) is 13.2 Å². The molecule has 0 fully saturated rings. The molecule has 34 heavy (non-hydrogen) atoms. The lowest BCUT2D eigenvalue weighted by Crippen LogP contribution is -2.51. The number of amides is 2. The van der Waals surface area contributed by atoms with Crippen molar-refractivity contribution in [1.82, 2.24) is 10.6 Å². The molecule has 174 valence electrons. The number of alkyl carbamates (subject to hydrolysis) is 1. The summed E-state index contributed by atoms with van der Waals surface area (Å²) in [7, 11) is 0. The molecule has 2 N–H and O–H groups in total. The molecular formula is C26H25N3O5. The van der Waals surface area contributed by atoms with Crippen molar-refractivity contribution in [2.45, 2.75) is 24.9 Å². The van der Waals surface area contributed by atoms with Crippen LogP contribution in [-0.2, 0) is 9.53 Å². The molecule has 2 amide bonds. The van der Waals surface area contributed by atoms with Crippen LogP contribution in [0.2, 0.25) is 0 Å². The van der Waals surface area contributed by atoms with Gasteiger partial charge < -0.3 is 15.4 Å². The van der Waals surface area contributed by atoms with Gasteiger partial charge in [-0.05, 0) is 34.7 Å². The predicted molar refractivity (Wildman–Crippen MR) is 127 cm³/mol. The Bertz CT molecular complexity index is 1150. The zero-order chi connectivity index (χ0) is 24.1. The quantitative estimate of drug-likeness (QED) is 0.390. The first kappa shape index (κ1) is 23.0. The monoisotopic (exact) mass is 459 g/mol. The number of rotatable bonds is 8. The van der Waals surface area contributed by atoms with Crippen LogP contribution in [0.4, 0.5) is 4.79 Å². The fourth-order valence-corrected chi connectivity index (χ4v) is 4.26. The van der Waals surface area contributed by atoms with Crippen LogP contribution < -0.4 is 10.6 Å². The minimum absolute atomic E-state index is 0.0487. The molecule has 0 unspecified atom stereocenters. The summed E-state index contributed by atoms with van der Waals surface area (Å²) < 4.78 is 5.44. The zero-order valence-electron chi connectivity index (χ0n) is 18.6. The number of hydrogen-bond donors (Lipinski definition) is 2. The third kappa shape index (κ3) is 5.06. The van der Waals surface area contributed by atoms with E-state index < -0.39 is 29.5 Å². The molecule has 1 aliphatic rings. The van der Waals surface area contributed by atoms with Gasteiger partial charge in [-0.1, -0.05) is 78.9 Å². The fraction of sp³-hybridized carbons (Fsp3) is 0.231. The smallest absolute Gasteiger partial charge is 0.408 e. The number of nitrogens with one attached hydrogen (secondary N) is 2. The fourth-order valence-electron chi connectivity index (χ4n) is 4.26. The second kappa shape index (κ2) is 10.2. The van der Waals surface area contributed by atoms with E-state index in [1.54, 1.807) is 6.92 Å². The second-order valence-corrected chi connectivity index (χ2v) is 8.18. The lowest BCUT2D eigenvalue weighted by Gasteiger charge is -2.20. The Morgan fingerprint density at radius 2 is 1.47 bits per heavy atom. The summed E-state index contributed by atoms with van der Waals surface area (Å²) in [5.41, 5.74) is 5.12. The van der Waals surface area contributed by atoms with Gasteiger partial charge >= 0.3 is 6.09 Å². The summed E-state index contributed by atoms with van der Waals surface area (Å²) in [6.07, 6.45) is -0.878. The van der Waals surface area contributed by atoms with Crippen molar-refractivity contribution >= 4 is 12.0 Å². The van der Waals surface area contributed by atoms with Gasteiger partial charge in [-0.15, -0.1) is 0 Å². The van der Waals surface area contributed by atoms with Gasteiger partial charge in [0.2, 0.25) is 12.5 Å². The minimum Gasteiger partial charge on any atom is -0.449 e. The number of fused-ring (bicyclic) bond motifs is 3. The van der Waals surface area contributed by atoms with Gasteiger partial charge in [0.25, 0.3) is 0 Å². The van der Waals surface area contributed by atoms with Crippen LogP contribution in [-0.4, -0.2) is 36.1 Å². The number of hydrogen-bond acceptors (Lipinski definition) is 5. The van der Waals surface area contributed by atoms with E-state index in [-0.39, 0.29) is 18.6 Å². The molecule has 4 rings (SSSR count). The van der Waals surface area contributed by atoms with Crippen molar-refractivity contribution in [3.63, 3.8) is 0 Å². The molecule has 8 nitrogen and oxygen atoms in total. The molecule has 0 aliphatic heterocycles. The van der Waals surface area contributed by atoms with Gasteiger partial charge in [-0.3, -0.25) is 14.9 Å². The Labute approximate surface area is 197 Å². The average molecular weight is 460 g/mol. The van der Waals surface area contributed by atoms with Crippen LogP contribution in [0, 0.1) is 10.1 Å². The van der Waals surface area contributed by atoms with Crippen molar-refractivity contribution < 1.29 is 19.2 Å². The number of ether oxygens (including phenoxy) is 1. The van der Waals surface area contributed by atoms with E-state index in [0.29, 0.717) is 0 Å². The minimum atomic E-state index is -1.36. The standard InChI is InChI=1S/C26H25N3O5/c1-17(18-9-3-2-4-10-18)27-25(30)24(15-29(32)33)28-26(31)34-16-23-21-13-7-5-11-19(21)20-12-6-8-14-22(20)23/h2-14,17,23-24H,15-16H2,1H3,(H,27,30)(H,28,31)/t17-,24+/m1/s1. The maximum atomic E-state index is 12.7. The normalized spacial score (nSPS) is 13.8. The zero-order valence-corrected chi connectivity index (χ0v) is 18.6. The molecule has 0 saturated carbocycles. The number of benzene rings is 3. The summed E-state index contributed by atoms with van der Waals surface area (Å²) in [5.74, 6) is -0.805. The van der Waals surface area contributed by atoms with E-state index in [4.69, 9.17) is 4.74 Å². The van der Waals surface area contributed by atoms with Crippen LogP contribution in [0.15, 0.2) is 78.9 Å². The third-order valence-corrected chi connectivity index (χ3v) is 5.94. The first-order chi connectivity index (χ1) is 16.4. The summed E-state index contributed by atoms with van der Waals surface area (Å²) in [6.45, 7) is 1.06. The number of nitrogens with zero attached hydrogens (tertiary/aromatic N) is 1. The molecule has 0 heterocycles. The molecule has 0 saturated heterocycles. The van der Waals surface area contributed by atoms with E-state index in [0.717, 1.165) is 27.8 Å². The second-order valence-electron chi connectivity index (χ2n) is 8.18. The Morgan fingerprint density at radius 1 is 0.912 bits per heavy atom. The molecule has 2 atom stereocenters. The van der Waals surface area contributed by atoms with Crippen molar-refractivity contribution in [3.8, 4) is 11.1 Å². The van der Waals surface area contributed by atoms with Crippen molar-refractivity contribution in [2.24, 2.45) is 0 Å². The molecule has 3 aromatic rings. The van der Waals surface area contributed by atoms with Gasteiger partial charge in [0, 0.05) is 10.8 Å². The molecular weight excluding hydrogens is 434 g/mol. The lowest BCUT2D eigenvalue weighted by molar-refractivity contribution is -0.481. The first-order valence-electron chi connectivity index (χ1n) is 11.0. The van der Waals surface area contributed by atoms with Crippen LogP contribution in [0.1, 0.15) is 35.6 Å². The Balaban J connectivity index is 1.41. The maximum absolute atomic E-state index is 12.7. The van der Waals surface area contributed by atoms with E-state index in [1.807, 2.05) is 78.9 Å². The van der Waals surface area contributed by atoms with Crippen molar-refractivity contribution in [1.29, 1.82) is 0 Å². The highest BCUT2D eigenvalue weighted by Crippen LogP contribution is 2.44. The van der Waals surface area contributed by atoms with Crippen LogP contribution in [0.5, 0.6) is 0 Å². The van der Waals surface area contributed by atoms with Gasteiger partial charge in [-0.2, -0.15) is 0 Å². The predicted octanol–water partition coefficient (Wildman–Crippen LogP) is 4.05. The summed E-state index contributed by atoms with van der Waals surface area (Å²) in [6, 6.07) is 23.3. The molecule has 0 aromatic heterocycles. The highest BCUT2D eigenvalue weighted by Gasteiger charge is 2.31. The number of nitro groups is 1. The largest absolute Gasteiger partial charge is 0.449 e. The summed E-state index contributed by atoms with van der Waals surface area (Å²) in [5, 5.41) is 16.2. The van der Waals surface area contributed by atoms with E-state index in [9.17, 15) is 19.7 Å². The molecule has 0 bridgehead atoms. The number of carbonyl (C=O) groups is 2. The highest BCUT2D eigenvalue weighted by atomic mass is 16.6. The molecule has 8 heteroatoms.